The van der Waals surface area contributed by atoms with Gasteiger partial charge in [0.05, 0.1) is 6.10 Å². The first-order chi connectivity index (χ1) is 10.8. The zero-order valence-electron chi connectivity index (χ0n) is 14.6. The predicted octanol–water partition coefficient (Wildman–Crippen LogP) is 3.75. The lowest BCUT2D eigenvalue weighted by Crippen LogP contribution is -2.62. The summed E-state index contributed by atoms with van der Waals surface area (Å²) < 4.78 is 5.77. The van der Waals surface area contributed by atoms with Crippen LogP contribution in [0.3, 0.4) is 0 Å². The van der Waals surface area contributed by atoms with E-state index in [0.717, 1.165) is 23.9 Å². The molecule has 0 aliphatic heterocycles. The zero-order chi connectivity index (χ0) is 16.8. The quantitative estimate of drug-likeness (QED) is 0.934. The van der Waals surface area contributed by atoms with Crippen molar-refractivity contribution in [3.05, 3.63) is 35.5 Å². The first-order valence-corrected chi connectivity index (χ1v) is 8.32. The first kappa shape index (κ1) is 16.1. The number of hydrogen-bond donors (Lipinski definition) is 1. The van der Waals surface area contributed by atoms with E-state index >= 15 is 0 Å². The van der Waals surface area contributed by atoms with Crippen LogP contribution in [-0.4, -0.2) is 41.6 Å². The average Bonchev–Trinajstić information content (AvgIpc) is 2.92. The Morgan fingerprint density at radius 1 is 1.39 bits per heavy atom. The van der Waals surface area contributed by atoms with Crippen LogP contribution in [0.25, 0.3) is 10.9 Å². The predicted molar refractivity (Wildman–Crippen MR) is 92.7 cm³/mol. The van der Waals surface area contributed by atoms with Gasteiger partial charge in [0.2, 0.25) is 0 Å². The van der Waals surface area contributed by atoms with Gasteiger partial charge in [0, 0.05) is 36.0 Å². The summed E-state index contributed by atoms with van der Waals surface area (Å²) in [5.74, 6) is 0.0480. The van der Waals surface area contributed by atoms with Crippen LogP contribution < -0.4 is 0 Å². The summed E-state index contributed by atoms with van der Waals surface area (Å²) in [5.41, 5.74) is 2.85. The van der Waals surface area contributed by atoms with Crippen LogP contribution in [0.15, 0.2) is 24.3 Å². The van der Waals surface area contributed by atoms with E-state index in [9.17, 15) is 4.79 Å². The maximum absolute atomic E-state index is 12.8. The lowest BCUT2D eigenvalue weighted by atomic mass is 9.63. The number of aromatic nitrogens is 1. The second-order valence-electron chi connectivity index (χ2n) is 7.21. The highest BCUT2D eigenvalue weighted by Crippen LogP contribution is 2.45. The molecule has 124 valence electrons. The molecular weight excluding hydrogens is 288 g/mol. The summed E-state index contributed by atoms with van der Waals surface area (Å²) in [4.78, 5) is 18.0. The molecule has 1 N–H and O–H groups in total. The number of carbonyl (C=O) groups is 1. The molecule has 2 aromatic rings. The third-order valence-electron chi connectivity index (χ3n) is 5.29. The molecule has 0 radical (unpaired) electrons. The molecule has 23 heavy (non-hydrogen) atoms. The van der Waals surface area contributed by atoms with Gasteiger partial charge in [-0.2, -0.15) is 0 Å². The molecule has 3 rings (SSSR count). The van der Waals surface area contributed by atoms with E-state index in [1.54, 1.807) is 0 Å². The van der Waals surface area contributed by atoms with Crippen molar-refractivity contribution >= 4 is 16.8 Å². The van der Waals surface area contributed by atoms with Crippen molar-refractivity contribution in [3.63, 3.8) is 0 Å². The van der Waals surface area contributed by atoms with E-state index in [4.69, 9.17) is 4.74 Å². The van der Waals surface area contributed by atoms with Crippen molar-refractivity contribution in [1.29, 1.82) is 0 Å². The molecule has 0 unspecified atom stereocenters. The number of rotatable bonds is 4. The highest BCUT2D eigenvalue weighted by molar-refractivity contribution is 5.98. The minimum absolute atomic E-state index is 0.0109. The molecule has 4 nitrogen and oxygen atoms in total. The van der Waals surface area contributed by atoms with Gasteiger partial charge in [0.1, 0.15) is 5.69 Å². The lowest BCUT2D eigenvalue weighted by molar-refractivity contribution is -0.136. The van der Waals surface area contributed by atoms with Crippen molar-refractivity contribution in [2.24, 2.45) is 5.41 Å². The zero-order valence-corrected chi connectivity index (χ0v) is 14.6. The van der Waals surface area contributed by atoms with Crippen LogP contribution in [0.4, 0.5) is 0 Å². The molecule has 0 spiro atoms. The Morgan fingerprint density at radius 2 is 2.13 bits per heavy atom. The van der Waals surface area contributed by atoms with E-state index in [1.165, 1.54) is 5.56 Å². The Kier molecular flexibility index (Phi) is 3.96. The van der Waals surface area contributed by atoms with Gasteiger partial charge in [-0.3, -0.25) is 4.79 Å². The van der Waals surface area contributed by atoms with Crippen molar-refractivity contribution in [2.45, 2.75) is 46.3 Å². The van der Waals surface area contributed by atoms with Crippen molar-refractivity contribution < 1.29 is 9.53 Å². The molecule has 2 atom stereocenters. The molecule has 1 aromatic carbocycles. The fraction of sp³-hybridized carbons (Fsp3) is 0.526. The minimum Gasteiger partial charge on any atom is -0.378 e. The lowest BCUT2D eigenvalue weighted by Gasteiger charge is -2.54. The summed E-state index contributed by atoms with van der Waals surface area (Å²) in [7, 11) is 1.90. The molecule has 0 saturated heterocycles. The SMILES string of the molecule is CCO[C@H]1C[C@@H](N(C)C(=O)c2cc3ccc(C)cc3[nH]2)C1(C)C. The Hall–Kier alpha value is -1.81. The van der Waals surface area contributed by atoms with Crippen molar-refractivity contribution in [1.82, 2.24) is 9.88 Å². The normalized spacial score (nSPS) is 22.8. The van der Waals surface area contributed by atoms with Crippen molar-refractivity contribution in [3.8, 4) is 0 Å². The van der Waals surface area contributed by atoms with Crippen LogP contribution in [0.5, 0.6) is 0 Å². The third-order valence-corrected chi connectivity index (χ3v) is 5.29. The molecule has 1 aliphatic rings. The minimum atomic E-state index is -0.0109. The Bertz CT molecular complexity index is 732. The highest BCUT2D eigenvalue weighted by atomic mass is 16.5. The number of amides is 1. The summed E-state index contributed by atoms with van der Waals surface area (Å²) >= 11 is 0. The van der Waals surface area contributed by atoms with Gasteiger partial charge in [-0.25, -0.2) is 0 Å². The number of aryl methyl sites for hydroxylation is 1. The Balaban J connectivity index is 1.79. The number of benzene rings is 1. The summed E-state index contributed by atoms with van der Waals surface area (Å²) in [6, 6.07) is 8.34. The summed E-state index contributed by atoms with van der Waals surface area (Å²) in [6.45, 7) is 9.16. The number of nitrogens with zero attached hydrogens (tertiary/aromatic N) is 1. The van der Waals surface area contributed by atoms with E-state index in [-0.39, 0.29) is 23.5 Å². The van der Waals surface area contributed by atoms with Crippen LogP contribution in [0, 0.1) is 12.3 Å². The highest BCUT2D eigenvalue weighted by Gasteiger charge is 2.51. The molecule has 1 saturated carbocycles. The summed E-state index contributed by atoms with van der Waals surface area (Å²) in [6.07, 6.45) is 1.14. The van der Waals surface area contributed by atoms with Gasteiger partial charge in [0.25, 0.3) is 5.91 Å². The molecular formula is C19H26N2O2. The molecule has 4 heteroatoms. The molecule has 1 fully saturated rings. The van der Waals surface area contributed by atoms with Crippen molar-refractivity contribution in [2.75, 3.05) is 13.7 Å². The second-order valence-corrected chi connectivity index (χ2v) is 7.21. The first-order valence-electron chi connectivity index (χ1n) is 8.32. The number of aromatic amines is 1. The molecule has 1 aromatic heterocycles. The van der Waals surface area contributed by atoms with Gasteiger partial charge in [-0.15, -0.1) is 0 Å². The number of hydrogen-bond acceptors (Lipinski definition) is 2. The molecule has 0 bridgehead atoms. The Morgan fingerprint density at radius 3 is 2.78 bits per heavy atom. The van der Waals surface area contributed by atoms with Gasteiger partial charge in [-0.05, 0) is 38.0 Å². The number of nitrogens with one attached hydrogen (secondary N) is 1. The fourth-order valence-electron chi connectivity index (χ4n) is 3.69. The van der Waals surface area contributed by atoms with Crippen LogP contribution >= 0.6 is 0 Å². The maximum Gasteiger partial charge on any atom is 0.270 e. The molecule has 1 heterocycles. The van der Waals surface area contributed by atoms with Crippen LogP contribution in [0.2, 0.25) is 0 Å². The van der Waals surface area contributed by atoms with Gasteiger partial charge >= 0.3 is 0 Å². The molecule has 1 aliphatic carbocycles. The maximum atomic E-state index is 12.8. The molecule has 1 amide bonds. The fourth-order valence-corrected chi connectivity index (χ4v) is 3.69. The topological polar surface area (TPSA) is 45.3 Å². The average molecular weight is 314 g/mol. The third kappa shape index (κ3) is 2.65. The largest absolute Gasteiger partial charge is 0.378 e. The number of ether oxygens (including phenoxy) is 1. The number of H-pyrrole nitrogens is 1. The number of carbonyl (C=O) groups excluding carboxylic acids is 1. The monoisotopic (exact) mass is 314 g/mol. The van der Waals surface area contributed by atoms with Gasteiger partial charge in [-0.1, -0.05) is 26.0 Å². The van der Waals surface area contributed by atoms with Crippen LogP contribution in [-0.2, 0) is 4.74 Å². The van der Waals surface area contributed by atoms with Crippen LogP contribution in [0.1, 0.15) is 43.2 Å². The smallest absolute Gasteiger partial charge is 0.270 e. The number of fused-ring (bicyclic) bond motifs is 1. The standard InChI is InChI=1S/C19H26N2O2/c1-6-23-17-11-16(19(17,3)4)21(5)18(22)15-10-13-8-7-12(2)9-14(13)20-15/h7-10,16-17,20H,6,11H2,1-5H3/t16-,17+/m1/s1. The Labute approximate surface area is 137 Å². The van der Waals surface area contributed by atoms with E-state index in [1.807, 2.05) is 24.9 Å². The summed E-state index contributed by atoms with van der Waals surface area (Å²) in [5, 5.41) is 1.08. The second kappa shape index (κ2) is 5.68. The van der Waals surface area contributed by atoms with Gasteiger partial charge in [0.15, 0.2) is 0 Å². The van der Waals surface area contributed by atoms with E-state index in [0.29, 0.717) is 5.69 Å². The van der Waals surface area contributed by atoms with Gasteiger partial charge < -0.3 is 14.6 Å². The van der Waals surface area contributed by atoms with E-state index in [2.05, 4.69) is 44.0 Å². The van der Waals surface area contributed by atoms with E-state index < -0.39 is 0 Å².